The van der Waals surface area contributed by atoms with E-state index in [4.69, 9.17) is 5.11 Å². The molecule has 1 aromatic heterocycles. The number of halogens is 1. The maximum Gasteiger partial charge on any atom is 0.253 e. The lowest BCUT2D eigenvalue weighted by molar-refractivity contribution is 0.0946. The second-order valence-corrected chi connectivity index (χ2v) is 4.04. The normalized spacial score (nSPS) is 10.6. The number of nitrogens with one attached hydrogen (secondary N) is 2. The lowest BCUT2D eigenvalue weighted by Crippen LogP contribution is -2.26. The van der Waals surface area contributed by atoms with E-state index in [2.05, 4.69) is 36.7 Å². The highest BCUT2D eigenvalue weighted by Gasteiger charge is 2.13. The molecule has 0 atom stereocenters. The summed E-state index contributed by atoms with van der Waals surface area (Å²) in [4.78, 5) is 11.7. The van der Waals surface area contributed by atoms with Crippen LogP contribution in [-0.2, 0) is 0 Å². The molecule has 2 rings (SSSR count). The number of H-pyrrole nitrogens is 1. The minimum absolute atomic E-state index is 0.0955. The number of aliphatic hydroxyl groups excluding tert-OH is 1. The van der Waals surface area contributed by atoms with Crippen LogP contribution in [-0.4, -0.2) is 39.6 Å². The van der Waals surface area contributed by atoms with Gasteiger partial charge in [-0.15, -0.1) is 0 Å². The van der Waals surface area contributed by atoms with Crippen molar-refractivity contribution in [3.8, 4) is 0 Å². The molecule has 6 nitrogen and oxygen atoms in total. The molecule has 1 aromatic carbocycles. The van der Waals surface area contributed by atoms with Crippen molar-refractivity contribution in [2.45, 2.75) is 0 Å². The van der Waals surface area contributed by atoms with Crippen molar-refractivity contribution in [2.24, 2.45) is 0 Å². The molecule has 2 aromatic rings. The second-order valence-electron chi connectivity index (χ2n) is 3.12. The number of rotatable bonds is 3. The Kier molecular flexibility index (Phi) is 3.16. The summed E-state index contributed by atoms with van der Waals surface area (Å²) in [6.45, 7) is 0.117. The number of aromatic amines is 1. The van der Waals surface area contributed by atoms with E-state index in [0.717, 1.165) is 4.47 Å². The average Bonchev–Trinajstić information content (AvgIpc) is 2.72. The van der Waals surface area contributed by atoms with Gasteiger partial charge in [-0.05, 0) is 12.1 Å². The molecule has 0 bridgehead atoms. The quantitative estimate of drug-likeness (QED) is 0.763. The summed E-state index contributed by atoms with van der Waals surface area (Å²) in [6.07, 6.45) is 0. The van der Waals surface area contributed by atoms with Crippen LogP contribution in [0.25, 0.3) is 11.0 Å². The van der Waals surface area contributed by atoms with E-state index in [0.29, 0.717) is 16.6 Å². The van der Waals surface area contributed by atoms with Crippen molar-refractivity contribution < 1.29 is 9.90 Å². The van der Waals surface area contributed by atoms with Gasteiger partial charge in [0.05, 0.1) is 12.2 Å². The van der Waals surface area contributed by atoms with Gasteiger partial charge in [-0.1, -0.05) is 15.9 Å². The van der Waals surface area contributed by atoms with Crippen LogP contribution in [0.15, 0.2) is 16.6 Å². The fraction of sp³-hybridized carbons (Fsp3) is 0.222. The van der Waals surface area contributed by atoms with Crippen molar-refractivity contribution >= 4 is 32.9 Å². The molecule has 0 spiro atoms. The van der Waals surface area contributed by atoms with Gasteiger partial charge in [-0.3, -0.25) is 4.79 Å². The third-order valence-corrected chi connectivity index (χ3v) is 2.49. The first-order chi connectivity index (χ1) is 7.72. The first-order valence-electron chi connectivity index (χ1n) is 4.61. The molecule has 0 saturated heterocycles. The van der Waals surface area contributed by atoms with Crippen molar-refractivity contribution in [2.75, 3.05) is 13.2 Å². The summed E-state index contributed by atoms with van der Waals surface area (Å²) < 4.78 is 0.753. The number of benzene rings is 1. The van der Waals surface area contributed by atoms with Gasteiger partial charge in [-0.2, -0.15) is 15.4 Å². The van der Waals surface area contributed by atoms with Gasteiger partial charge >= 0.3 is 0 Å². The number of nitrogens with zero attached hydrogens (tertiary/aromatic N) is 2. The number of amides is 1. The Morgan fingerprint density at radius 1 is 1.50 bits per heavy atom. The Bertz CT molecular complexity index is 525. The molecule has 0 radical (unpaired) electrons. The van der Waals surface area contributed by atoms with Crippen molar-refractivity contribution in [3.63, 3.8) is 0 Å². The first-order valence-corrected chi connectivity index (χ1v) is 5.41. The van der Waals surface area contributed by atoms with E-state index >= 15 is 0 Å². The Hall–Kier alpha value is -1.47. The molecule has 84 valence electrons. The fourth-order valence-electron chi connectivity index (χ4n) is 1.35. The Morgan fingerprint density at radius 3 is 3.06 bits per heavy atom. The highest BCUT2D eigenvalue weighted by atomic mass is 79.9. The first kappa shape index (κ1) is 11.0. The van der Waals surface area contributed by atoms with Crippen LogP contribution >= 0.6 is 15.9 Å². The third-order valence-electron chi connectivity index (χ3n) is 2.03. The molecular formula is C9H9BrN4O2. The smallest absolute Gasteiger partial charge is 0.253 e. The molecule has 7 heteroatoms. The van der Waals surface area contributed by atoms with Gasteiger partial charge in [0.15, 0.2) is 0 Å². The molecule has 16 heavy (non-hydrogen) atoms. The van der Waals surface area contributed by atoms with E-state index in [1.165, 1.54) is 0 Å². The largest absolute Gasteiger partial charge is 0.395 e. The number of carbonyl (C=O) groups excluding carboxylic acids is 1. The van der Waals surface area contributed by atoms with E-state index < -0.39 is 0 Å². The predicted molar refractivity (Wildman–Crippen MR) is 61.0 cm³/mol. The molecule has 0 aliphatic heterocycles. The van der Waals surface area contributed by atoms with Gasteiger partial charge in [0.1, 0.15) is 11.0 Å². The minimum atomic E-state index is -0.283. The van der Waals surface area contributed by atoms with Gasteiger partial charge in [0.25, 0.3) is 5.91 Å². The van der Waals surface area contributed by atoms with Crippen LogP contribution in [0, 0.1) is 0 Å². The zero-order valence-corrected chi connectivity index (χ0v) is 9.78. The maximum absolute atomic E-state index is 11.7. The molecule has 0 aliphatic rings. The summed E-state index contributed by atoms with van der Waals surface area (Å²) >= 11 is 3.29. The second kappa shape index (κ2) is 4.58. The summed E-state index contributed by atoms with van der Waals surface area (Å²) in [5.74, 6) is -0.283. The predicted octanol–water partition coefficient (Wildman–Crippen LogP) is 0.442. The number of aliphatic hydroxyl groups is 1. The maximum atomic E-state index is 11.7. The van der Waals surface area contributed by atoms with E-state index in [1.54, 1.807) is 12.1 Å². The highest BCUT2D eigenvalue weighted by molar-refractivity contribution is 9.10. The standard InChI is InChI=1S/C9H9BrN4O2/c10-5-3-6(9(16)11-1-2-15)8-7(4-5)12-14-13-8/h3-4,15H,1-2H2,(H,11,16)(H,12,13,14). The summed E-state index contributed by atoms with van der Waals surface area (Å²) in [6, 6.07) is 3.43. The highest BCUT2D eigenvalue weighted by Crippen LogP contribution is 2.20. The van der Waals surface area contributed by atoms with Crippen molar-refractivity contribution in [3.05, 3.63) is 22.2 Å². The van der Waals surface area contributed by atoms with Gasteiger partial charge in [0.2, 0.25) is 0 Å². The number of fused-ring (bicyclic) bond motifs is 1. The number of carbonyl (C=O) groups is 1. The van der Waals surface area contributed by atoms with Crippen LogP contribution in [0.3, 0.4) is 0 Å². The molecule has 1 heterocycles. The van der Waals surface area contributed by atoms with Crippen molar-refractivity contribution in [1.29, 1.82) is 0 Å². The zero-order chi connectivity index (χ0) is 11.5. The summed E-state index contributed by atoms with van der Waals surface area (Å²) in [7, 11) is 0. The van der Waals surface area contributed by atoms with Gasteiger partial charge < -0.3 is 10.4 Å². The molecule has 0 fully saturated rings. The Morgan fingerprint density at radius 2 is 2.31 bits per heavy atom. The molecule has 0 saturated carbocycles. The topological polar surface area (TPSA) is 90.9 Å². The molecule has 1 amide bonds. The average molecular weight is 285 g/mol. The van der Waals surface area contributed by atoms with Gasteiger partial charge in [-0.25, -0.2) is 0 Å². The Labute approximate surface area is 99.2 Å². The van der Waals surface area contributed by atoms with Gasteiger partial charge in [0, 0.05) is 11.0 Å². The number of hydrogen-bond acceptors (Lipinski definition) is 4. The van der Waals surface area contributed by atoms with E-state index in [-0.39, 0.29) is 19.1 Å². The fourth-order valence-corrected chi connectivity index (χ4v) is 1.80. The lowest BCUT2D eigenvalue weighted by atomic mass is 10.1. The monoisotopic (exact) mass is 284 g/mol. The van der Waals surface area contributed by atoms with Crippen LogP contribution < -0.4 is 5.32 Å². The van der Waals surface area contributed by atoms with Crippen LogP contribution in [0.4, 0.5) is 0 Å². The molecular weight excluding hydrogens is 276 g/mol. The van der Waals surface area contributed by atoms with Crippen LogP contribution in [0.5, 0.6) is 0 Å². The minimum Gasteiger partial charge on any atom is -0.395 e. The van der Waals surface area contributed by atoms with Crippen LogP contribution in [0.1, 0.15) is 10.4 Å². The van der Waals surface area contributed by atoms with Crippen molar-refractivity contribution in [1.82, 2.24) is 20.7 Å². The lowest BCUT2D eigenvalue weighted by Gasteiger charge is -2.03. The third kappa shape index (κ3) is 2.05. The zero-order valence-electron chi connectivity index (χ0n) is 8.20. The summed E-state index contributed by atoms with van der Waals surface area (Å²) in [5.41, 5.74) is 1.55. The molecule has 0 aliphatic carbocycles. The number of aromatic nitrogens is 3. The van der Waals surface area contributed by atoms with E-state index in [9.17, 15) is 4.79 Å². The molecule has 0 unspecified atom stereocenters. The van der Waals surface area contributed by atoms with Crippen LogP contribution in [0.2, 0.25) is 0 Å². The number of hydrogen-bond donors (Lipinski definition) is 3. The SMILES string of the molecule is O=C(NCCO)c1cc(Br)cc2n[nH]nc12. The molecule has 3 N–H and O–H groups in total. The Balaban J connectivity index is 2.42. The summed E-state index contributed by atoms with van der Waals surface area (Å²) in [5, 5.41) is 21.5. The van der Waals surface area contributed by atoms with E-state index in [1.807, 2.05) is 0 Å².